The highest BCUT2D eigenvalue weighted by Gasteiger charge is 2.47. The van der Waals surface area contributed by atoms with Crippen LogP contribution in [0.2, 0.25) is 0 Å². The van der Waals surface area contributed by atoms with E-state index in [1.165, 1.54) is 48.4 Å². The molecule has 0 bridgehead atoms. The van der Waals surface area contributed by atoms with Crippen LogP contribution in [0.4, 0.5) is 0 Å². The Bertz CT molecular complexity index is 3300. The molecule has 12 rings (SSSR count). The highest BCUT2D eigenvalue weighted by atomic mass is 32.2. The van der Waals surface area contributed by atoms with E-state index < -0.39 is 5.41 Å². The van der Waals surface area contributed by atoms with E-state index in [1.807, 2.05) is 36.3 Å². The summed E-state index contributed by atoms with van der Waals surface area (Å²) in [4.78, 5) is 27.2. The van der Waals surface area contributed by atoms with Gasteiger partial charge in [-0.15, -0.1) is 0 Å². The van der Waals surface area contributed by atoms with Crippen LogP contribution in [0.1, 0.15) is 33.4 Å². The molecule has 4 heterocycles. The van der Waals surface area contributed by atoms with Crippen molar-refractivity contribution in [3.8, 4) is 56.4 Å². The van der Waals surface area contributed by atoms with Crippen molar-refractivity contribution in [2.45, 2.75) is 15.2 Å². The summed E-state index contributed by atoms with van der Waals surface area (Å²) < 4.78 is 0. The Labute approximate surface area is 363 Å². The summed E-state index contributed by atoms with van der Waals surface area (Å²) in [6.07, 6.45) is 11.9. The Kier molecular flexibility index (Phi) is 8.57. The predicted molar refractivity (Wildman–Crippen MR) is 251 cm³/mol. The first-order valence-corrected chi connectivity index (χ1v) is 21.5. The first-order chi connectivity index (χ1) is 30.7. The van der Waals surface area contributed by atoms with Crippen molar-refractivity contribution in [2.75, 3.05) is 0 Å². The molecule has 290 valence electrons. The van der Waals surface area contributed by atoms with E-state index in [0.29, 0.717) is 17.5 Å². The minimum atomic E-state index is -0.651. The molecule has 1 unspecified atom stereocenters. The van der Waals surface area contributed by atoms with E-state index in [2.05, 4.69) is 186 Å². The molecule has 2 aliphatic rings. The van der Waals surface area contributed by atoms with Crippen LogP contribution >= 0.6 is 11.8 Å². The van der Waals surface area contributed by atoms with Gasteiger partial charge in [0, 0.05) is 62.4 Å². The van der Waals surface area contributed by atoms with Crippen molar-refractivity contribution in [1.29, 1.82) is 0 Å². The van der Waals surface area contributed by atoms with E-state index in [9.17, 15) is 0 Å². The van der Waals surface area contributed by atoms with Crippen LogP contribution in [0.25, 0.3) is 79.3 Å². The third kappa shape index (κ3) is 5.91. The SMILES string of the molecule is C1=Cc2ccc(-c3nc(-c4cccc(-c5cccnc5)c4)nc(-c4cccc(-c5cccnc5)c4)n3)cc2C2(c3ccccc31)c1ccccc1Sc1c2ccc2ccccc12. The number of hydrogen-bond donors (Lipinski definition) is 0. The van der Waals surface area contributed by atoms with Crippen molar-refractivity contribution < 1.29 is 0 Å². The first-order valence-electron chi connectivity index (χ1n) is 20.7. The van der Waals surface area contributed by atoms with Crippen LogP contribution in [-0.2, 0) is 5.41 Å². The Morgan fingerprint density at radius 2 is 0.935 bits per heavy atom. The third-order valence-corrected chi connectivity index (χ3v) is 13.4. The largest absolute Gasteiger partial charge is 0.264 e. The molecule has 7 aromatic carbocycles. The topological polar surface area (TPSA) is 64.5 Å². The van der Waals surface area contributed by atoms with Crippen LogP contribution < -0.4 is 0 Å². The predicted octanol–water partition coefficient (Wildman–Crippen LogP) is 13.5. The molecular weight excluding hydrogens is 775 g/mol. The van der Waals surface area contributed by atoms with Gasteiger partial charge in [0.15, 0.2) is 17.5 Å². The van der Waals surface area contributed by atoms with Gasteiger partial charge in [-0.05, 0) is 91.7 Å². The van der Waals surface area contributed by atoms with Gasteiger partial charge in [0.2, 0.25) is 0 Å². The van der Waals surface area contributed by atoms with Crippen molar-refractivity contribution in [3.63, 3.8) is 0 Å². The smallest absolute Gasteiger partial charge is 0.164 e. The maximum atomic E-state index is 5.32. The zero-order valence-electron chi connectivity index (χ0n) is 33.4. The number of aromatic nitrogens is 5. The lowest BCUT2D eigenvalue weighted by Crippen LogP contribution is -2.35. The second-order valence-corrected chi connectivity index (χ2v) is 16.7. The van der Waals surface area contributed by atoms with Gasteiger partial charge in [0.05, 0.1) is 5.41 Å². The normalized spacial score (nSPS) is 14.7. The molecule has 0 fully saturated rings. The third-order valence-electron chi connectivity index (χ3n) is 12.2. The summed E-state index contributed by atoms with van der Waals surface area (Å²) >= 11 is 1.87. The molecule has 0 saturated heterocycles. The van der Waals surface area contributed by atoms with Crippen LogP contribution in [0.15, 0.2) is 211 Å². The molecule has 10 aromatic rings. The number of hydrogen-bond acceptors (Lipinski definition) is 6. The first kappa shape index (κ1) is 36.1. The van der Waals surface area contributed by atoms with Gasteiger partial charge >= 0.3 is 0 Å². The highest BCUT2D eigenvalue weighted by molar-refractivity contribution is 7.99. The summed E-state index contributed by atoms with van der Waals surface area (Å²) in [5, 5.41) is 2.48. The van der Waals surface area contributed by atoms with Gasteiger partial charge in [-0.2, -0.15) is 0 Å². The lowest BCUT2D eigenvalue weighted by Gasteiger charge is -2.43. The molecular formula is C56H35N5S. The maximum Gasteiger partial charge on any atom is 0.164 e. The standard InChI is InChI=1S/C56H35N5S/c1-3-19-46-36(11-1)27-28-49-52(46)62-51-22-6-5-21-48(51)56(49)47-20-4-2-12-37(47)23-24-38-25-26-43(33-50(38)56)55-60-53(41-15-7-13-39(31-41)44-17-9-29-57-34-44)59-54(61-55)42-16-8-14-40(32-42)45-18-10-30-58-35-45/h1-35H. The summed E-state index contributed by atoms with van der Waals surface area (Å²) in [7, 11) is 0. The second kappa shape index (κ2) is 14.7. The van der Waals surface area contributed by atoms with Gasteiger partial charge < -0.3 is 0 Å². The Hall–Kier alpha value is -7.80. The molecule has 0 N–H and O–H groups in total. The minimum absolute atomic E-state index is 0.591. The lowest BCUT2D eigenvalue weighted by atomic mass is 9.63. The Balaban J connectivity index is 1.12. The highest BCUT2D eigenvalue weighted by Crippen LogP contribution is 2.59. The fraction of sp³-hybridized carbons (Fsp3) is 0.0179. The number of pyridine rings is 2. The van der Waals surface area contributed by atoms with Crippen molar-refractivity contribution in [1.82, 2.24) is 24.9 Å². The van der Waals surface area contributed by atoms with Gasteiger partial charge in [0.25, 0.3) is 0 Å². The summed E-state index contributed by atoms with van der Waals surface area (Å²) in [5.41, 5.74) is 13.5. The van der Waals surface area contributed by atoms with Gasteiger partial charge in [-0.1, -0.05) is 163 Å². The van der Waals surface area contributed by atoms with Crippen molar-refractivity contribution in [3.05, 3.63) is 234 Å². The maximum absolute atomic E-state index is 5.32. The molecule has 6 heteroatoms. The second-order valence-electron chi connectivity index (χ2n) is 15.7. The average molecular weight is 810 g/mol. The average Bonchev–Trinajstić information content (AvgIpc) is 3.49. The fourth-order valence-corrected chi connectivity index (χ4v) is 10.7. The number of nitrogens with zero attached hydrogens (tertiary/aromatic N) is 5. The molecule has 0 saturated carbocycles. The van der Waals surface area contributed by atoms with E-state index in [4.69, 9.17) is 15.0 Å². The molecule has 1 spiro atoms. The van der Waals surface area contributed by atoms with Crippen molar-refractivity contribution >= 4 is 34.7 Å². The number of rotatable bonds is 5. The van der Waals surface area contributed by atoms with Gasteiger partial charge in [-0.3, -0.25) is 9.97 Å². The zero-order chi connectivity index (χ0) is 41.0. The van der Waals surface area contributed by atoms with E-state index in [1.54, 1.807) is 12.4 Å². The number of fused-ring (bicyclic) bond motifs is 10. The van der Waals surface area contributed by atoms with Crippen LogP contribution in [0, 0.1) is 0 Å². The fourth-order valence-electron chi connectivity index (χ4n) is 9.33. The molecule has 0 amide bonds. The molecule has 0 radical (unpaired) electrons. The van der Waals surface area contributed by atoms with E-state index in [0.717, 1.165) is 44.5 Å². The Morgan fingerprint density at radius 1 is 0.371 bits per heavy atom. The van der Waals surface area contributed by atoms with E-state index in [-0.39, 0.29) is 0 Å². The van der Waals surface area contributed by atoms with Crippen LogP contribution in [0.3, 0.4) is 0 Å². The van der Waals surface area contributed by atoms with Crippen LogP contribution in [-0.4, -0.2) is 24.9 Å². The quantitative estimate of drug-likeness (QED) is 0.173. The minimum Gasteiger partial charge on any atom is -0.264 e. The summed E-state index contributed by atoms with van der Waals surface area (Å²) in [5.74, 6) is 1.78. The number of benzene rings is 7. The molecule has 62 heavy (non-hydrogen) atoms. The van der Waals surface area contributed by atoms with Gasteiger partial charge in [-0.25, -0.2) is 15.0 Å². The Morgan fingerprint density at radius 3 is 1.61 bits per heavy atom. The van der Waals surface area contributed by atoms with Crippen molar-refractivity contribution in [2.24, 2.45) is 0 Å². The molecule has 1 aliphatic carbocycles. The molecule has 1 atom stereocenters. The molecule has 5 nitrogen and oxygen atoms in total. The zero-order valence-corrected chi connectivity index (χ0v) is 34.2. The lowest BCUT2D eigenvalue weighted by molar-refractivity contribution is 0.704. The summed E-state index contributed by atoms with van der Waals surface area (Å²) in [6, 6.07) is 62.8. The summed E-state index contributed by atoms with van der Waals surface area (Å²) in [6.45, 7) is 0. The molecule has 1 aliphatic heterocycles. The van der Waals surface area contributed by atoms with E-state index >= 15 is 0 Å². The monoisotopic (exact) mass is 809 g/mol. The van der Waals surface area contributed by atoms with Gasteiger partial charge in [0.1, 0.15) is 0 Å². The van der Waals surface area contributed by atoms with Crippen LogP contribution in [0.5, 0.6) is 0 Å². The molecule has 3 aromatic heterocycles.